The van der Waals surface area contributed by atoms with Crippen molar-refractivity contribution in [3.05, 3.63) is 64.5 Å². The van der Waals surface area contributed by atoms with E-state index in [-0.39, 0.29) is 41.2 Å². The molecule has 2 aliphatic carbocycles. The monoisotopic (exact) mass is 566 g/mol. The largest absolute Gasteiger partial charge is 0.508 e. The number of anilines is 1. The SMILES string of the molecule is CCN1C(=O)C2CC=C3C(CC4C(=O)N(c5ccc(F)c(Cl)c5)C(=O)C4(C)C3c3cc(OC)ccc3O)C2C1=O. The van der Waals surface area contributed by atoms with Crippen molar-refractivity contribution in [2.75, 3.05) is 18.6 Å². The Labute approximate surface area is 235 Å². The maximum atomic E-state index is 14.3. The topological polar surface area (TPSA) is 104 Å². The van der Waals surface area contributed by atoms with Crippen LogP contribution in [0.3, 0.4) is 0 Å². The average molecular weight is 567 g/mol. The number of methoxy groups -OCH3 is 1. The molecule has 40 heavy (non-hydrogen) atoms. The van der Waals surface area contributed by atoms with Crippen molar-refractivity contribution in [2.45, 2.75) is 32.6 Å². The molecular weight excluding hydrogens is 539 g/mol. The van der Waals surface area contributed by atoms with Crippen molar-refractivity contribution in [3.8, 4) is 11.5 Å². The zero-order valence-corrected chi connectivity index (χ0v) is 22.9. The number of carbonyl (C=O) groups is 4. The summed E-state index contributed by atoms with van der Waals surface area (Å²) >= 11 is 6.02. The minimum atomic E-state index is -1.35. The van der Waals surface area contributed by atoms with E-state index in [1.54, 1.807) is 26.0 Å². The number of benzene rings is 2. The number of hydrogen-bond donors (Lipinski definition) is 1. The number of fused-ring (bicyclic) bond motifs is 4. The van der Waals surface area contributed by atoms with Crippen LogP contribution in [-0.2, 0) is 19.2 Å². The van der Waals surface area contributed by atoms with Gasteiger partial charge < -0.3 is 9.84 Å². The normalized spacial score (nSPS) is 31.2. The molecule has 2 aromatic carbocycles. The van der Waals surface area contributed by atoms with E-state index in [1.807, 2.05) is 6.08 Å². The molecule has 0 spiro atoms. The van der Waals surface area contributed by atoms with E-state index in [0.29, 0.717) is 17.7 Å². The smallest absolute Gasteiger partial charge is 0.241 e. The lowest BCUT2D eigenvalue weighted by atomic mass is 9.51. The van der Waals surface area contributed by atoms with Crippen LogP contribution in [0.25, 0.3) is 0 Å². The fourth-order valence-corrected chi connectivity index (χ4v) is 7.67. The van der Waals surface area contributed by atoms with Gasteiger partial charge in [0.2, 0.25) is 23.6 Å². The van der Waals surface area contributed by atoms with Gasteiger partial charge in [0.15, 0.2) is 0 Å². The van der Waals surface area contributed by atoms with E-state index >= 15 is 0 Å². The number of hydrogen-bond acceptors (Lipinski definition) is 6. The summed E-state index contributed by atoms with van der Waals surface area (Å²) in [6.07, 6.45) is 2.41. The lowest BCUT2D eigenvalue weighted by Crippen LogP contribution is -2.48. The molecule has 2 heterocycles. The molecule has 6 rings (SSSR count). The summed E-state index contributed by atoms with van der Waals surface area (Å²) in [5, 5.41) is 10.9. The van der Waals surface area contributed by atoms with E-state index < -0.39 is 52.6 Å². The zero-order valence-electron chi connectivity index (χ0n) is 22.2. The summed E-state index contributed by atoms with van der Waals surface area (Å²) in [7, 11) is 1.49. The number of amides is 4. The quantitative estimate of drug-likeness (QED) is 0.433. The minimum Gasteiger partial charge on any atom is -0.508 e. The molecule has 2 saturated heterocycles. The highest BCUT2D eigenvalue weighted by atomic mass is 35.5. The Morgan fingerprint density at radius 1 is 1.07 bits per heavy atom. The van der Waals surface area contributed by atoms with E-state index in [2.05, 4.69) is 0 Å². The number of phenolic OH excluding ortho intramolecular Hbond substituents is 1. The van der Waals surface area contributed by atoms with Crippen LogP contribution in [0.1, 0.15) is 38.2 Å². The maximum absolute atomic E-state index is 14.3. The lowest BCUT2D eigenvalue weighted by molar-refractivity contribution is -0.140. The van der Waals surface area contributed by atoms with Gasteiger partial charge in [-0.05, 0) is 69.0 Å². The number of rotatable bonds is 4. The van der Waals surface area contributed by atoms with Crippen LogP contribution in [0.5, 0.6) is 11.5 Å². The molecular formula is C30H28ClFN2O6. The Morgan fingerprint density at radius 2 is 1.82 bits per heavy atom. The molecule has 1 saturated carbocycles. The van der Waals surface area contributed by atoms with E-state index in [4.69, 9.17) is 16.3 Å². The Morgan fingerprint density at radius 3 is 2.50 bits per heavy atom. The van der Waals surface area contributed by atoms with Crippen molar-refractivity contribution in [1.82, 2.24) is 4.90 Å². The van der Waals surface area contributed by atoms with Crippen molar-refractivity contribution >= 4 is 40.9 Å². The fourth-order valence-electron chi connectivity index (χ4n) is 7.50. The van der Waals surface area contributed by atoms with Gasteiger partial charge in [-0.2, -0.15) is 0 Å². The molecule has 2 aromatic rings. The van der Waals surface area contributed by atoms with Crippen LogP contribution in [0.2, 0.25) is 5.02 Å². The number of allylic oxidation sites excluding steroid dienone is 2. The predicted molar refractivity (Wildman–Crippen MR) is 143 cm³/mol. The van der Waals surface area contributed by atoms with Crippen LogP contribution in [0.15, 0.2) is 48.0 Å². The molecule has 4 amide bonds. The molecule has 6 unspecified atom stereocenters. The first kappa shape index (κ1) is 26.5. The van der Waals surface area contributed by atoms with Gasteiger partial charge in [0.25, 0.3) is 0 Å². The first-order valence-electron chi connectivity index (χ1n) is 13.3. The molecule has 0 aromatic heterocycles. The number of imide groups is 2. The third-order valence-electron chi connectivity index (χ3n) is 9.39. The van der Waals surface area contributed by atoms with E-state index in [0.717, 1.165) is 16.5 Å². The Balaban J connectivity index is 1.55. The summed E-state index contributed by atoms with van der Waals surface area (Å²) in [5.41, 5.74) is -0.0642. The first-order chi connectivity index (χ1) is 19.0. The van der Waals surface area contributed by atoms with Crippen LogP contribution in [-0.4, -0.2) is 47.3 Å². The van der Waals surface area contributed by atoms with Crippen molar-refractivity contribution in [3.63, 3.8) is 0 Å². The number of aromatic hydroxyl groups is 1. The summed E-state index contributed by atoms with van der Waals surface area (Å²) in [5.74, 6) is -5.17. The molecule has 10 heteroatoms. The number of likely N-dealkylation sites (tertiary alicyclic amines) is 1. The fraction of sp³-hybridized carbons (Fsp3) is 0.400. The number of phenols is 1. The van der Waals surface area contributed by atoms with Gasteiger partial charge in [-0.3, -0.25) is 24.1 Å². The molecule has 0 bridgehead atoms. The molecule has 8 nitrogen and oxygen atoms in total. The van der Waals surface area contributed by atoms with Crippen molar-refractivity contribution < 1.29 is 33.4 Å². The van der Waals surface area contributed by atoms with Gasteiger partial charge in [-0.1, -0.05) is 23.3 Å². The molecule has 6 atom stereocenters. The maximum Gasteiger partial charge on any atom is 0.241 e. The van der Waals surface area contributed by atoms with Crippen molar-refractivity contribution in [1.29, 1.82) is 0 Å². The summed E-state index contributed by atoms with van der Waals surface area (Å²) in [6, 6.07) is 8.39. The number of nitrogens with zero attached hydrogens (tertiary/aromatic N) is 2. The third-order valence-corrected chi connectivity index (χ3v) is 9.68. The molecule has 208 valence electrons. The standard InChI is InChI=1S/C30H28ClFN2O6/c1-4-33-26(36)17-8-7-16-18(24(17)28(33)38)13-20-27(37)34(14-5-9-22(32)21(31)11-14)29(39)30(20,2)25(16)19-12-15(40-3)6-10-23(19)35/h5-7,9-12,17-18,20,24-25,35H,4,8,13H2,1-3H3. The summed E-state index contributed by atoms with van der Waals surface area (Å²) < 4.78 is 19.4. The van der Waals surface area contributed by atoms with Gasteiger partial charge in [0, 0.05) is 18.0 Å². The second-order valence-corrected chi connectivity index (χ2v) is 11.5. The van der Waals surface area contributed by atoms with Gasteiger partial charge in [-0.15, -0.1) is 0 Å². The molecule has 1 N–H and O–H groups in total. The van der Waals surface area contributed by atoms with Crippen LogP contribution in [0, 0.1) is 34.9 Å². The second-order valence-electron chi connectivity index (χ2n) is 11.1. The van der Waals surface area contributed by atoms with Crippen LogP contribution < -0.4 is 9.64 Å². The Bertz CT molecular complexity index is 1520. The molecule has 2 aliphatic heterocycles. The highest BCUT2D eigenvalue weighted by Crippen LogP contribution is 2.64. The number of halogens is 2. The highest BCUT2D eigenvalue weighted by Gasteiger charge is 2.67. The summed E-state index contributed by atoms with van der Waals surface area (Å²) in [4.78, 5) is 57.3. The number of carbonyl (C=O) groups excluding carboxylic acids is 4. The Hall–Kier alpha value is -3.72. The van der Waals surface area contributed by atoms with Gasteiger partial charge in [0.05, 0.1) is 41.0 Å². The van der Waals surface area contributed by atoms with Gasteiger partial charge in [0.1, 0.15) is 17.3 Å². The average Bonchev–Trinajstić information content (AvgIpc) is 3.30. The molecule has 0 radical (unpaired) electrons. The third kappa shape index (κ3) is 3.43. The zero-order chi connectivity index (χ0) is 28.7. The predicted octanol–water partition coefficient (Wildman–Crippen LogP) is 4.44. The van der Waals surface area contributed by atoms with E-state index in [9.17, 15) is 28.7 Å². The first-order valence-corrected chi connectivity index (χ1v) is 13.7. The van der Waals surface area contributed by atoms with Crippen LogP contribution in [0.4, 0.5) is 10.1 Å². The molecule has 3 fully saturated rings. The highest BCUT2D eigenvalue weighted by molar-refractivity contribution is 6.31. The van der Waals surface area contributed by atoms with Gasteiger partial charge in [-0.25, -0.2) is 9.29 Å². The lowest BCUT2D eigenvalue weighted by Gasteiger charge is -2.49. The Kier molecular flexibility index (Phi) is 6.07. The van der Waals surface area contributed by atoms with Crippen molar-refractivity contribution in [2.24, 2.45) is 29.1 Å². The van der Waals surface area contributed by atoms with Gasteiger partial charge >= 0.3 is 0 Å². The molecule has 4 aliphatic rings. The summed E-state index contributed by atoms with van der Waals surface area (Å²) in [6.45, 7) is 3.71. The number of ether oxygens (including phenoxy) is 1. The van der Waals surface area contributed by atoms with Crippen LogP contribution >= 0.6 is 11.6 Å². The second kappa shape index (κ2) is 9.16. The van der Waals surface area contributed by atoms with E-state index in [1.165, 1.54) is 30.2 Å². The minimum absolute atomic E-state index is 0.0815.